The molecule has 0 radical (unpaired) electrons. The maximum atomic E-state index is 12.9. The highest BCUT2D eigenvalue weighted by molar-refractivity contribution is 9.10. The molecule has 4 aromatic rings. The Bertz CT molecular complexity index is 1260. The highest BCUT2D eigenvalue weighted by atomic mass is 79.9. The van der Waals surface area contributed by atoms with Crippen LogP contribution in [-0.4, -0.2) is 23.7 Å². The van der Waals surface area contributed by atoms with Gasteiger partial charge in [-0.3, -0.25) is 13.9 Å². The fourth-order valence-electron chi connectivity index (χ4n) is 3.01. The van der Waals surface area contributed by atoms with Crippen molar-refractivity contribution >= 4 is 49.6 Å². The summed E-state index contributed by atoms with van der Waals surface area (Å²) < 4.78 is 4.67. The molecule has 128 valence electrons. The minimum Gasteiger partial charge on any atom is -0.361 e. The van der Waals surface area contributed by atoms with Crippen LogP contribution < -0.4 is 11.2 Å². The second-order valence-electron chi connectivity index (χ2n) is 5.86. The molecule has 0 saturated heterocycles. The lowest BCUT2D eigenvalue weighted by atomic mass is 10.1. The lowest BCUT2D eigenvalue weighted by molar-refractivity contribution is 0.655. The average molecular weight is 423 g/mol. The standard InChI is InChI=1S/C16H13BrClN5O2/c1-21-12-13(20-15(21)17)22(2)16(25)23(14(12)24)7-8-5-10(18)9-3-4-19-11(9)6-8/h3-6,19H,7H2,1-2H3. The van der Waals surface area contributed by atoms with E-state index in [0.29, 0.717) is 20.9 Å². The Kier molecular flexibility index (Phi) is 3.62. The third-order valence-corrected chi connectivity index (χ3v) is 5.35. The van der Waals surface area contributed by atoms with Gasteiger partial charge in [-0.25, -0.2) is 9.78 Å². The Morgan fingerprint density at radius 2 is 2.00 bits per heavy atom. The number of rotatable bonds is 2. The topological polar surface area (TPSA) is 77.6 Å². The highest BCUT2D eigenvalue weighted by Crippen LogP contribution is 2.24. The quantitative estimate of drug-likeness (QED) is 0.504. The molecule has 25 heavy (non-hydrogen) atoms. The monoisotopic (exact) mass is 421 g/mol. The summed E-state index contributed by atoms with van der Waals surface area (Å²) in [5.74, 6) is 0. The van der Waals surface area contributed by atoms with Gasteiger partial charge < -0.3 is 9.55 Å². The Hall–Kier alpha value is -2.32. The molecule has 1 N–H and O–H groups in total. The fourth-order valence-corrected chi connectivity index (χ4v) is 3.66. The van der Waals surface area contributed by atoms with E-state index in [2.05, 4.69) is 25.9 Å². The summed E-state index contributed by atoms with van der Waals surface area (Å²) in [5.41, 5.74) is 1.52. The smallest absolute Gasteiger partial charge is 0.332 e. The number of imidazole rings is 1. The third-order valence-electron chi connectivity index (χ3n) is 4.32. The summed E-state index contributed by atoms with van der Waals surface area (Å²) >= 11 is 9.59. The van der Waals surface area contributed by atoms with Crippen molar-refractivity contribution in [1.29, 1.82) is 0 Å². The molecular weight excluding hydrogens is 410 g/mol. The van der Waals surface area contributed by atoms with E-state index >= 15 is 0 Å². The molecule has 4 rings (SSSR count). The first-order valence-electron chi connectivity index (χ1n) is 7.45. The van der Waals surface area contributed by atoms with Crippen molar-refractivity contribution in [3.63, 3.8) is 0 Å². The maximum Gasteiger partial charge on any atom is 0.332 e. The van der Waals surface area contributed by atoms with E-state index in [0.717, 1.165) is 16.5 Å². The van der Waals surface area contributed by atoms with E-state index < -0.39 is 5.69 Å². The zero-order chi connectivity index (χ0) is 17.9. The summed E-state index contributed by atoms with van der Waals surface area (Å²) in [4.78, 5) is 32.8. The van der Waals surface area contributed by atoms with Crippen molar-refractivity contribution in [2.75, 3.05) is 0 Å². The van der Waals surface area contributed by atoms with Crippen LogP contribution in [0, 0.1) is 0 Å². The zero-order valence-electron chi connectivity index (χ0n) is 13.4. The Morgan fingerprint density at radius 1 is 1.24 bits per heavy atom. The minimum absolute atomic E-state index is 0.124. The predicted octanol–water partition coefficient (Wildman–Crippen LogP) is 2.38. The summed E-state index contributed by atoms with van der Waals surface area (Å²) in [7, 11) is 3.32. The highest BCUT2D eigenvalue weighted by Gasteiger charge is 2.18. The van der Waals surface area contributed by atoms with Crippen LogP contribution in [0.15, 0.2) is 38.7 Å². The molecule has 3 aromatic heterocycles. The van der Waals surface area contributed by atoms with Crippen LogP contribution in [0.1, 0.15) is 5.56 Å². The van der Waals surface area contributed by atoms with E-state index in [-0.39, 0.29) is 12.1 Å². The first-order valence-corrected chi connectivity index (χ1v) is 8.63. The van der Waals surface area contributed by atoms with Gasteiger partial charge >= 0.3 is 5.69 Å². The van der Waals surface area contributed by atoms with Crippen molar-refractivity contribution in [1.82, 2.24) is 23.7 Å². The first kappa shape index (κ1) is 16.2. The van der Waals surface area contributed by atoms with Crippen LogP contribution in [0.4, 0.5) is 0 Å². The largest absolute Gasteiger partial charge is 0.361 e. The molecule has 0 unspecified atom stereocenters. The third kappa shape index (κ3) is 2.36. The molecule has 0 spiro atoms. The molecule has 7 nitrogen and oxygen atoms in total. The number of halogens is 2. The molecule has 0 saturated carbocycles. The Morgan fingerprint density at radius 3 is 2.76 bits per heavy atom. The molecule has 3 heterocycles. The number of aryl methyl sites for hydroxylation is 2. The lowest BCUT2D eigenvalue weighted by Crippen LogP contribution is -2.39. The normalized spacial score (nSPS) is 11.7. The molecule has 0 amide bonds. The van der Waals surface area contributed by atoms with E-state index in [1.807, 2.05) is 12.1 Å². The fraction of sp³-hybridized carbons (Fsp3) is 0.188. The van der Waals surface area contributed by atoms with E-state index in [9.17, 15) is 9.59 Å². The summed E-state index contributed by atoms with van der Waals surface area (Å²) in [6.07, 6.45) is 1.80. The van der Waals surface area contributed by atoms with E-state index in [1.54, 1.807) is 30.9 Å². The van der Waals surface area contributed by atoms with Crippen LogP contribution in [0.5, 0.6) is 0 Å². The number of benzene rings is 1. The van der Waals surface area contributed by atoms with Gasteiger partial charge in [-0.1, -0.05) is 11.6 Å². The SMILES string of the molecule is Cn1c(Br)nc2c1c(=O)n(Cc1cc(Cl)c3cc[nH]c3c1)c(=O)n2C. The van der Waals surface area contributed by atoms with Crippen LogP contribution in [0.2, 0.25) is 5.02 Å². The second-order valence-corrected chi connectivity index (χ2v) is 6.98. The van der Waals surface area contributed by atoms with Gasteiger partial charge in [0.05, 0.1) is 11.6 Å². The van der Waals surface area contributed by atoms with Crippen LogP contribution in [0.25, 0.3) is 22.1 Å². The van der Waals surface area contributed by atoms with Gasteiger partial charge in [0.25, 0.3) is 5.56 Å². The number of fused-ring (bicyclic) bond motifs is 2. The number of aromatic amines is 1. The maximum absolute atomic E-state index is 12.9. The van der Waals surface area contributed by atoms with Gasteiger partial charge in [0.2, 0.25) is 0 Å². The molecule has 0 aliphatic rings. The molecule has 0 fully saturated rings. The summed E-state index contributed by atoms with van der Waals surface area (Å²) in [6, 6.07) is 5.54. The van der Waals surface area contributed by atoms with Crippen molar-refractivity contribution in [3.8, 4) is 0 Å². The number of nitrogens with zero attached hydrogens (tertiary/aromatic N) is 4. The number of hydrogen-bond acceptors (Lipinski definition) is 3. The summed E-state index contributed by atoms with van der Waals surface area (Å²) in [5, 5.41) is 1.47. The average Bonchev–Trinajstić information content (AvgIpc) is 3.15. The second kappa shape index (κ2) is 5.60. The van der Waals surface area contributed by atoms with Gasteiger partial charge in [0, 0.05) is 31.2 Å². The predicted molar refractivity (Wildman–Crippen MR) is 100 cm³/mol. The van der Waals surface area contributed by atoms with Gasteiger partial charge in [-0.2, -0.15) is 0 Å². The van der Waals surface area contributed by atoms with Gasteiger partial charge in [0.1, 0.15) is 0 Å². The van der Waals surface area contributed by atoms with Crippen molar-refractivity contribution < 1.29 is 0 Å². The molecule has 0 aliphatic carbocycles. The number of aromatic nitrogens is 5. The number of H-pyrrole nitrogens is 1. The molecule has 1 aromatic carbocycles. The number of nitrogens with one attached hydrogen (secondary N) is 1. The van der Waals surface area contributed by atoms with Crippen molar-refractivity contribution in [3.05, 3.63) is 60.6 Å². The molecule has 0 aliphatic heterocycles. The number of hydrogen-bond donors (Lipinski definition) is 1. The molecule has 0 atom stereocenters. The van der Waals surface area contributed by atoms with Crippen LogP contribution >= 0.6 is 27.5 Å². The van der Waals surface area contributed by atoms with Gasteiger partial charge in [-0.05, 0) is 39.7 Å². The summed E-state index contributed by atoms with van der Waals surface area (Å²) in [6.45, 7) is 0.124. The first-order chi connectivity index (χ1) is 11.9. The Balaban J connectivity index is 1.95. The van der Waals surface area contributed by atoms with Gasteiger partial charge in [-0.15, -0.1) is 0 Å². The lowest BCUT2D eigenvalue weighted by Gasteiger charge is -2.09. The van der Waals surface area contributed by atoms with Crippen molar-refractivity contribution in [2.45, 2.75) is 6.54 Å². The molecule has 0 bridgehead atoms. The molecule has 9 heteroatoms. The minimum atomic E-state index is -0.425. The Labute approximate surface area is 154 Å². The van der Waals surface area contributed by atoms with Crippen LogP contribution in [0.3, 0.4) is 0 Å². The van der Waals surface area contributed by atoms with Gasteiger partial charge in [0.15, 0.2) is 15.9 Å². The van der Waals surface area contributed by atoms with E-state index in [4.69, 9.17) is 11.6 Å². The van der Waals surface area contributed by atoms with Crippen molar-refractivity contribution in [2.24, 2.45) is 14.1 Å². The van der Waals surface area contributed by atoms with Crippen LogP contribution in [-0.2, 0) is 20.6 Å². The zero-order valence-corrected chi connectivity index (χ0v) is 15.7. The molecular formula is C16H13BrClN5O2. The van der Waals surface area contributed by atoms with E-state index in [1.165, 1.54) is 9.13 Å².